The van der Waals surface area contributed by atoms with E-state index in [1.165, 1.54) is 0 Å². The third kappa shape index (κ3) is 2.85. The van der Waals surface area contributed by atoms with Crippen LogP contribution >= 0.6 is 0 Å². The average Bonchev–Trinajstić information content (AvgIpc) is 2.38. The number of nitrogens with zero attached hydrogens (tertiary/aromatic N) is 1. The molecule has 0 fully saturated rings. The molecule has 0 aliphatic heterocycles. The van der Waals surface area contributed by atoms with E-state index in [1.54, 1.807) is 30.5 Å². The Hall–Kier alpha value is -2.36. The fourth-order valence-electron chi connectivity index (χ4n) is 1.60. The molecule has 1 heterocycles. The van der Waals surface area contributed by atoms with Crippen molar-refractivity contribution in [1.82, 2.24) is 10.3 Å². The van der Waals surface area contributed by atoms with Gasteiger partial charge in [-0.15, -0.1) is 0 Å². The van der Waals surface area contributed by atoms with Gasteiger partial charge in [0.1, 0.15) is 0 Å². The van der Waals surface area contributed by atoms with Crippen LogP contribution < -0.4 is 11.1 Å². The number of carbonyl (C=O) groups excluding carboxylic acids is 1. The third-order valence-corrected chi connectivity index (χ3v) is 2.71. The number of anilines is 1. The van der Waals surface area contributed by atoms with Crippen LogP contribution in [0.25, 0.3) is 0 Å². The average molecular weight is 241 g/mol. The first-order valence-electron chi connectivity index (χ1n) is 5.71. The van der Waals surface area contributed by atoms with Gasteiger partial charge in [-0.1, -0.05) is 6.07 Å². The summed E-state index contributed by atoms with van der Waals surface area (Å²) in [6.07, 6.45) is 1.72. The standard InChI is InChI=1S/C14H15N3O/c1-10-3-2-8-16-13(10)9-17-14(18)11-4-6-12(15)7-5-11/h2-8H,9,15H2,1H3,(H,17,18). The molecule has 0 bridgehead atoms. The van der Waals surface area contributed by atoms with Crippen LogP contribution in [-0.2, 0) is 6.54 Å². The molecule has 18 heavy (non-hydrogen) atoms. The molecule has 4 heteroatoms. The van der Waals surface area contributed by atoms with Gasteiger partial charge in [-0.2, -0.15) is 0 Å². The van der Waals surface area contributed by atoms with E-state index in [0.717, 1.165) is 11.3 Å². The second kappa shape index (κ2) is 5.31. The lowest BCUT2D eigenvalue weighted by Crippen LogP contribution is -2.23. The van der Waals surface area contributed by atoms with E-state index >= 15 is 0 Å². The van der Waals surface area contributed by atoms with Crippen molar-refractivity contribution in [3.8, 4) is 0 Å². The van der Waals surface area contributed by atoms with Crippen molar-refractivity contribution in [2.75, 3.05) is 5.73 Å². The number of nitrogens with two attached hydrogens (primary N) is 1. The lowest BCUT2D eigenvalue weighted by atomic mass is 10.2. The number of pyridine rings is 1. The predicted octanol–water partition coefficient (Wildman–Crippen LogP) is 1.90. The topological polar surface area (TPSA) is 68.0 Å². The molecular formula is C14H15N3O. The molecule has 1 aromatic heterocycles. The van der Waals surface area contributed by atoms with Crippen LogP contribution in [-0.4, -0.2) is 10.9 Å². The molecule has 1 aromatic carbocycles. The number of nitrogens with one attached hydrogen (secondary N) is 1. The zero-order valence-electron chi connectivity index (χ0n) is 10.2. The Morgan fingerprint density at radius 1 is 1.28 bits per heavy atom. The number of aromatic nitrogens is 1. The summed E-state index contributed by atoms with van der Waals surface area (Å²) in [4.78, 5) is 16.1. The predicted molar refractivity (Wildman–Crippen MR) is 71.0 cm³/mol. The fourth-order valence-corrected chi connectivity index (χ4v) is 1.60. The van der Waals surface area contributed by atoms with Crippen LogP contribution in [0.15, 0.2) is 42.6 Å². The van der Waals surface area contributed by atoms with E-state index in [-0.39, 0.29) is 5.91 Å². The highest BCUT2D eigenvalue weighted by Crippen LogP contribution is 2.06. The van der Waals surface area contributed by atoms with Crippen molar-refractivity contribution >= 4 is 11.6 Å². The normalized spacial score (nSPS) is 10.1. The van der Waals surface area contributed by atoms with Crippen LogP contribution in [0.4, 0.5) is 5.69 Å². The Kier molecular flexibility index (Phi) is 3.57. The lowest BCUT2D eigenvalue weighted by Gasteiger charge is -2.07. The summed E-state index contributed by atoms with van der Waals surface area (Å²) in [6, 6.07) is 10.7. The summed E-state index contributed by atoms with van der Waals surface area (Å²) in [5.41, 5.74) is 8.75. The number of benzene rings is 1. The minimum Gasteiger partial charge on any atom is -0.399 e. The van der Waals surface area contributed by atoms with Crippen molar-refractivity contribution < 1.29 is 4.79 Å². The highest BCUT2D eigenvalue weighted by Gasteiger charge is 2.06. The van der Waals surface area contributed by atoms with Gasteiger partial charge < -0.3 is 11.1 Å². The van der Waals surface area contributed by atoms with Crippen LogP contribution in [0.2, 0.25) is 0 Å². The molecule has 0 saturated heterocycles. The Morgan fingerprint density at radius 2 is 2.00 bits per heavy atom. The van der Waals surface area contributed by atoms with Gasteiger partial charge in [0.25, 0.3) is 5.91 Å². The summed E-state index contributed by atoms with van der Waals surface area (Å²) in [5.74, 6) is -0.125. The highest BCUT2D eigenvalue weighted by atomic mass is 16.1. The molecule has 0 aliphatic carbocycles. The maximum atomic E-state index is 11.9. The first-order valence-corrected chi connectivity index (χ1v) is 5.71. The molecule has 0 radical (unpaired) electrons. The summed E-state index contributed by atoms with van der Waals surface area (Å²) in [7, 11) is 0. The second-order valence-electron chi connectivity index (χ2n) is 4.07. The third-order valence-electron chi connectivity index (χ3n) is 2.71. The van der Waals surface area contributed by atoms with Crippen LogP contribution in [0.1, 0.15) is 21.6 Å². The molecule has 0 spiro atoms. The van der Waals surface area contributed by atoms with Crippen molar-refractivity contribution in [3.63, 3.8) is 0 Å². The van der Waals surface area contributed by atoms with Gasteiger partial charge in [-0.05, 0) is 42.8 Å². The molecule has 3 N–H and O–H groups in total. The monoisotopic (exact) mass is 241 g/mol. The molecule has 1 amide bonds. The summed E-state index contributed by atoms with van der Waals surface area (Å²) in [5, 5.41) is 2.83. The van der Waals surface area contributed by atoms with E-state index in [1.807, 2.05) is 19.1 Å². The van der Waals surface area contributed by atoms with Gasteiger partial charge in [0.15, 0.2) is 0 Å². The molecule has 0 atom stereocenters. The quantitative estimate of drug-likeness (QED) is 0.806. The fraction of sp³-hybridized carbons (Fsp3) is 0.143. The molecule has 0 aliphatic rings. The zero-order valence-corrected chi connectivity index (χ0v) is 10.2. The van der Waals surface area contributed by atoms with Gasteiger partial charge in [-0.3, -0.25) is 9.78 Å². The van der Waals surface area contributed by atoms with Crippen molar-refractivity contribution in [2.24, 2.45) is 0 Å². The zero-order chi connectivity index (χ0) is 13.0. The SMILES string of the molecule is Cc1cccnc1CNC(=O)c1ccc(N)cc1. The van der Waals surface area contributed by atoms with Crippen LogP contribution in [0, 0.1) is 6.92 Å². The maximum absolute atomic E-state index is 11.9. The Morgan fingerprint density at radius 3 is 2.67 bits per heavy atom. The number of rotatable bonds is 3. The number of amides is 1. The Labute approximate surface area is 106 Å². The Balaban J connectivity index is 2.01. The number of aryl methyl sites for hydroxylation is 1. The molecule has 2 rings (SSSR count). The van der Waals surface area contributed by atoms with Gasteiger partial charge in [0.05, 0.1) is 12.2 Å². The smallest absolute Gasteiger partial charge is 0.251 e. The minimum absolute atomic E-state index is 0.125. The first kappa shape index (κ1) is 12.1. The van der Waals surface area contributed by atoms with Gasteiger partial charge in [0.2, 0.25) is 0 Å². The van der Waals surface area contributed by atoms with Gasteiger partial charge in [-0.25, -0.2) is 0 Å². The molecule has 4 nitrogen and oxygen atoms in total. The summed E-state index contributed by atoms with van der Waals surface area (Å²) in [6.45, 7) is 2.40. The lowest BCUT2D eigenvalue weighted by molar-refractivity contribution is 0.0950. The summed E-state index contributed by atoms with van der Waals surface area (Å²) < 4.78 is 0. The molecule has 2 aromatic rings. The highest BCUT2D eigenvalue weighted by molar-refractivity contribution is 5.94. The molecule has 0 saturated carbocycles. The maximum Gasteiger partial charge on any atom is 0.251 e. The van der Waals surface area contributed by atoms with Crippen molar-refractivity contribution in [2.45, 2.75) is 13.5 Å². The van der Waals surface area contributed by atoms with Crippen molar-refractivity contribution in [1.29, 1.82) is 0 Å². The number of hydrogen-bond donors (Lipinski definition) is 2. The van der Waals surface area contributed by atoms with Crippen molar-refractivity contribution in [3.05, 3.63) is 59.4 Å². The summed E-state index contributed by atoms with van der Waals surface area (Å²) >= 11 is 0. The van der Waals surface area contributed by atoms with E-state index in [4.69, 9.17) is 5.73 Å². The van der Waals surface area contributed by atoms with Gasteiger partial charge in [0, 0.05) is 17.4 Å². The molecule has 92 valence electrons. The van der Waals surface area contributed by atoms with E-state index < -0.39 is 0 Å². The first-order chi connectivity index (χ1) is 8.66. The number of carbonyl (C=O) groups is 1. The number of nitrogen functional groups attached to an aromatic ring is 1. The van der Waals surface area contributed by atoms with Crippen LogP contribution in [0.3, 0.4) is 0 Å². The second-order valence-corrected chi connectivity index (χ2v) is 4.07. The van der Waals surface area contributed by atoms with E-state index in [0.29, 0.717) is 17.8 Å². The Bertz CT molecular complexity index is 549. The van der Waals surface area contributed by atoms with E-state index in [9.17, 15) is 4.79 Å². The largest absolute Gasteiger partial charge is 0.399 e. The van der Waals surface area contributed by atoms with Crippen LogP contribution in [0.5, 0.6) is 0 Å². The number of hydrogen-bond acceptors (Lipinski definition) is 3. The minimum atomic E-state index is -0.125. The molecule has 0 unspecified atom stereocenters. The van der Waals surface area contributed by atoms with E-state index in [2.05, 4.69) is 10.3 Å². The van der Waals surface area contributed by atoms with Gasteiger partial charge >= 0.3 is 0 Å². The molecular weight excluding hydrogens is 226 g/mol.